The van der Waals surface area contributed by atoms with E-state index in [0.717, 1.165) is 10.2 Å². The normalized spacial score (nSPS) is 12.1. The first kappa shape index (κ1) is 19.3. The van der Waals surface area contributed by atoms with E-state index in [2.05, 4.69) is 15.6 Å². The van der Waals surface area contributed by atoms with Gasteiger partial charge >= 0.3 is 0 Å². The molecule has 0 saturated carbocycles. The van der Waals surface area contributed by atoms with Crippen LogP contribution in [-0.2, 0) is 9.59 Å². The van der Waals surface area contributed by atoms with E-state index in [1.165, 1.54) is 11.3 Å². The lowest BCUT2D eigenvalue weighted by Crippen LogP contribution is -2.43. The van der Waals surface area contributed by atoms with Crippen LogP contribution in [0.15, 0.2) is 48.5 Å². The number of hydrogen-bond donors (Lipinski definition) is 2. The predicted octanol–water partition coefficient (Wildman–Crippen LogP) is 3.85. The van der Waals surface area contributed by atoms with Crippen LogP contribution in [0.2, 0.25) is 5.02 Å². The van der Waals surface area contributed by atoms with Gasteiger partial charge in [0.05, 0.1) is 33.5 Å². The first-order chi connectivity index (χ1) is 12.9. The van der Waals surface area contributed by atoms with Gasteiger partial charge in [-0.15, -0.1) is 0 Å². The number of fused-ring (bicyclic) bond motifs is 1. The maximum Gasteiger partial charge on any atom is 0.243 e. The Hall–Kier alpha value is -2.48. The van der Waals surface area contributed by atoms with E-state index in [-0.39, 0.29) is 18.4 Å². The molecule has 1 atom stereocenters. The van der Waals surface area contributed by atoms with Crippen molar-refractivity contribution < 1.29 is 9.59 Å². The molecule has 1 heterocycles. The highest BCUT2D eigenvalue weighted by Gasteiger charge is 2.21. The van der Waals surface area contributed by atoms with Gasteiger partial charge in [0.2, 0.25) is 11.8 Å². The van der Waals surface area contributed by atoms with Crippen LogP contribution in [0.3, 0.4) is 0 Å². The van der Waals surface area contributed by atoms with Gasteiger partial charge in [-0.1, -0.05) is 47.2 Å². The lowest BCUT2D eigenvalue weighted by atomic mass is 10.2. The number of nitrogens with one attached hydrogen (secondary N) is 2. The van der Waals surface area contributed by atoms with Crippen molar-refractivity contribution in [2.24, 2.45) is 0 Å². The smallest absolute Gasteiger partial charge is 0.243 e. The van der Waals surface area contributed by atoms with Crippen molar-refractivity contribution in [1.82, 2.24) is 9.88 Å². The number of aromatic nitrogens is 1. The van der Waals surface area contributed by atoms with Gasteiger partial charge in [-0.2, -0.15) is 0 Å². The van der Waals surface area contributed by atoms with E-state index in [9.17, 15) is 9.59 Å². The number of anilines is 2. The number of amides is 2. The van der Waals surface area contributed by atoms with E-state index < -0.39 is 6.04 Å². The monoisotopic (exact) mass is 402 g/mol. The highest BCUT2D eigenvalue weighted by molar-refractivity contribution is 7.22. The number of hydrogen-bond acceptors (Lipinski definition) is 5. The average molecular weight is 403 g/mol. The summed E-state index contributed by atoms with van der Waals surface area (Å²) in [5.74, 6) is -0.465. The quantitative estimate of drug-likeness (QED) is 0.656. The van der Waals surface area contributed by atoms with Gasteiger partial charge in [0.15, 0.2) is 5.13 Å². The second-order valence-corrected chi connectivity index (χ2v) is 7.53. The Morgan fingerprint density at radius 2 is 1.85 bits per heavy atom. The number of carbonyl (C=O) groups excluding carboxylic acids is 2. The van der Waals surface area contributed by atoms with Gasteiger partial charge in [-0.3, -0.25) is 14.5 Å². The Morgan fingerprint density at radius 1 is 1.15 bits per heavy atom. The number of halogens is 1. The van der Waals surface area contributed by atoms with Crippen LogP contribution < -0.4 is 10.6 Å². The fraction of sp³-hybridized carbons (Fsp3) is 0.211. The van der Waals surface area contributed by atoms with Crippen molar-refractivity contribution in [2.75, 3.05) is 24.2 Å². The van der Waals surface area contributed by atoms with Gasteiger partial charge in [-0.25, -0.2) is 4.98 Å². The highest BCUT2D eigenvalue weighted by Crippen LogP contribution is 2.25. The molecule has 2 aromatic carbocycles. The molecular formula is C19H19ClN4O2S. The van der Waals surface area contributed by atoms with Crippen LogP contribution in [0.1, 0.15) is 6.92 Å². The van der Waals surface area contributed by atoms with Gasteiger partial charge < -0.3 is 10.6 Å². The largest absolute Gasteiger partial charge is 0.324 e. The van der Waals surface area contributed by atoms with Crippen LogP contribution in [0.4, 0.5) is 10.8 Å². The van der Waals surface area contributed by atoms with Crippen molar-refractivity contribution in [2.45, 2.75) is 13.0 Å². The lowest BCUT2D eigenvalue weighted by Gasteiger charge is -2.22. The lowest BCUT2D eigenvalue weighted by molar-refractivity contribution is -0.122. The molecule has 0 bridgehead atoms. The van der Waals surface area contributed by atoms with E-state index in [1.807, 2.05) is 24.3 Å². The molecule has 2 N–H and O–H groups in total. The SMILES string of the molecule is CC(C(=O)Nc1nc2ccccc2s1)N(C)CC(=O)Nc1ccccc1Cl. The molecule has 0 aliphatic heterocycles. The second kappa shape index (κ2) is 8.47. The average Bonchev–Trinajstić information content (AvgIpc) is 3.05. The van der Waals surface area contributed by atoms with Crippen LogP contribution in [0.25, 0.3) is 10.2 Å². The Balaban J connectivity index is 1.57. The number of carbonyl (C=O) groups is 2. The number of likely N-dealkylation sites (N-methyl/N-ethyl adjacent to an activating group) is 1. The van der Waals surface area contributed by atoms with E-state index in [0.29, 0.717) is 15.8 Å². The summed E-state index contributed by atoms with van der Waals surface area (Å²) in [6.45, 7) is 1.80. The number of para-hydroxylation sites is 2. The third-order valence-corrected chi connectivity index (χ3v) is 5.39. The van der Waals surface area contributed by atoms with Gasteiger partial charge in [0.1, 0.15) is 0 Å². The third-order valence-electron chi connectivity index (χ3n) is 4.11. The molecule has 1 unspecified atom stereocenters. The summed E-state index contributed by atoms with van der Waals surface area (Å²) in [5, 5.41) is 6.58. The third kappa shape index (κ3) is 4.82. The summed E-state index contributed by atoms with van der Waals surface area (Å²) in [6.07, 6.45) is 0. The van der Waals surface area contributed by atoms with Crippen molar-refractivity contribution >= 4 is 55.8 Å². The minimum absolute atomic E-state index is 0.0552. The molecule has 2 amide bonds. The van der Waals surface area contributed by atoms with E-state index >= 15 is 0 Å². The molecule has 6 nitrogen and oxygen atoms in total. The highest BCUT2D eigenvalue weighted by atomic mass is 35.5. The molecule has 0 fully saturated rings. The zero-order valence-electron chi connectivity index (χ0n) is 14.9. The van der Waals surface area contributed by atoms with Crippen LogP contribution in [0.5, 0.6) is 0 Å². The summed E-state index contributed by atoms with van der Waals surface area (Å²) in [7, 11) is 1.72. The summed E-state index contributed by atoms with van der Waals surface area (Å²) in [5.41, 5.74) is 1.39. The summed E-state index contributed by atoms with van der Waals surface area (Å²) in [4.78, 5) is 30.8. The number of rotatable bonds is 6. The molecule has 3 rings (SSSR count). The first-order valence-corrected chi connectivity index (χ1v) is 9.54. The van der Waals surface area contributed by atoms with Crippen LogP contribution >= 0.6 is 22.9 Å². The van der Waals surface area contributed by atoms with Gasteiger partial charge in [0, 0.05) is 0 Å². The zero-order valence-corrected chi connectivity index (χ0v) is 16.5. The predicted molar refractivity (Wildman–Crippen MR) is 110 cm³/mol. The zero-order chi connectivity index (χ0) is 19.4. The Labute approximate surface area is 166 Å². The standard InChI is InChI=1S/C19H19ClN4O2S/c1-12(18(26)23-19-22-15-9-5-6-10-16(15)27-19)24(2)11-17(25)21-14-8-4-3-7-13(14)20/h3-10,12H,11H2,1-2H3,(H,21,25)(H,22,23,26). The summed E-state index contributed by atoms with van der Waals surface area (Å²) in [6, 6.07) is 14.2. The molecule has 0 spiro atoms. The molecular weight excluding hydrogens is 384 g/mol. The molecule has 140 valence electrons. The molecule has 1 aromatic heterocycles. The van der Waals surface area contributed by atoms with E-state index in [1.54, 1.807) is 43.1 Å². The topological polar surface area (TPSA) is 74.3 Å². The van der Waals surface area contributed by atoms with E-state index in [4.69, 9.17) is 11.6 Å². The number of nitrogens with zero attached hydrogens (tertiary/aromatic N) is 2. The van der Waals surface area contributed by atoms with Crippen molar-refractivity contribution in [3.8, 4) is 0 Å². The summed E-state index contributed by atoms with van der Waals surface area (Å²) < 4.78 is 1.01. The number of benzene rings is 2. The molecule has 0 saturated heterocycles. The molecule has 0 aliphatic carbocycles. The maximum atomic E-state index is 12.5. The molecule has 8 heteroatoms. The Morgan fingerprint density at radius 3 is 2.59 bits per heavy atom. The van der Waals surface area contributed by atoms with Gasteiger partial charge in [-0.05, 0) is 38.2 Å². The fourth-order valence-electron chi connectivity index (χ4n) is 2.45. The summed E-state index contributed by atoms with van der Waals surface area (Å²) >= 11 is 7.46. The minimum atomic E-state index is -0.506. The first-order valence-electron chi connectivity index (χ1n) is 8.35. The molecule has 0 aliphatic rings. The van der Waals surface area contributed by atoms with Crippen molar-refractivity contribution in [3.63, 3.8) is 0 Å². The second-order valence-electron chi connectivity index (χ2n) is 6.10. The van der Waals surface area contributed by atoms with Gasteiger partial charge in [0.25, 0.3) is 0 Å². The van der Waals surface area contributed by atoms with Crippen LogP contribution in [-0.4, -0.2) is 41.3 Å². The fourth-order valence-corrected chi connectivity index (χ4v) is 3.50. The maximum absolute atomic E-state index is 12.5. The van der Waals surface area contributed by atoms with Crippen molar-refractivity contribution in [1.29, 1.82) is 0 Å². The van der Waals surface area contributed by atoms with Crippen LogP contribution in [0, 0.1) is 0 Å². The Kier molecular flexibility index (Phi) is 6.05. The molecule has 27 heavy (non-hydrogen) atoms. The van der Waals surface area contributed by atoms with Crippen molar-refractivity contribution in [3.05, 3.63) is 53.6 Å². The molecule has 3 aromatic rings. The Bertz CT molecular complexity index is 942. The number of thiazole rings is 1. The minimum Gasteiger partial charge on any atom is -0.324 e. The molecule has 0 radical (unpaired) electrons.